The van der Waals surface area contributed by atoms with E-state index in [9.17, 15) is 0 Å². The smallest absolute Gasteiger partial charge is 0.0350 e. The lowest BCUT2D eigenvalue weighted by atomic mass is 10.2. The molecule has 0 aromatic rings. The first-order valence-electron chi connectivity index (χ1n) is 4.13. The number of unbranched alkanes of at least 4 members (excludes halogenated alkanes) is 2. The van der Waals surface area contributed by atoms with Crippen LogP contribution in [0.15, 0.2) is 64.8 Å². The van der Waals surface area contributed by atoms with Crippen LogP contribution >= 0.6 is 0 Å². The number of hydrogen-bond acceptors (Lipinski definition) is 0. The van der Waals surface area contributed by atoms with Gasteiger partial charge in [0.1, 0.15) is 0 Å². The van der Waals surface area contributed by atoms with Crippen molar-refractivity contribution in [2.45, 2.75) is 49.0 Å². The molecule has 0 saturated carbocycles. The second kappa shape index (κ2) is 202. The second-order valence-corrected chi connectivity index (χ2v) is 1.51. The molecular formula is C17H40. The van der Waals surface area contributed by atoms with Gasteiger partial charge in [-0.1, -0.05) is 41.9 Å². The minimum Gasteiger partial charge on any atom is -0.106 e. The Bertz CT molecular complexity index is 69.3. The fourth-order valence-electron chi connectivity index (χ4n) is 0.407. The minimum absolute atomic E-state index is 0. The highest BCUT2D eigenvalue weighted by Gasteiger charge is 1.74. The van der Waals surface area contributed by atoms with E-state index in [-0.39, 0.29) is 29.7 Å². The van der Waals surface area contributed by atoms with Crippen LogP contribution in [-0.2, 0) is 0 Å². The Morgan fingerprint density at radius 3 is 0.824 bits per heavy atom. The first-order chi connectivity index (χ1) is 6.41. The summed E-state index contributed by atoms with van der Waals surface area (Å²) >= 11 is 0. The summed E-state index contributed by atoms with van der Waals surface area (Å²) in [7, 11) is 0. The molecule has 0 aliphatic rings. The molecule has 108 valence electrons. The summed E-state index contributed by atoms with van der Waals surface area (Å²) in [5, 5.41) is 0. The standard InChI is InChI=1S/C7H12.3C2H4.4CH4/c1-3-5-7-6-4-2;3*1-2;;;;/h3-4H,1-2,5-7H2;3*1-2H2;4*1H4. The highest BCUT2D eigenvalue weighted by atomic mass is 13.8. The van der Waals surface area contributed by atoms with Gasteiger partial charge in [-0.3, -0.25) is 0 Å². The van der Waals surface area contributed by atoms with E-state index in [0.717, 1.165) is 12.8 Å². The molecule has 17 heavy (non-hydrogen) atoms. The van der Waals surface area contributed by atoms with E-state index in [1.807, 2.05) is 12.2 Å². The van der Waals surface area contributed by atoms with E-state index < -0.39 is 0 Å². The minimum atomic E-state index is 0. The second-order valence-electron chi connectivity index (χ2n) is 1.51. The fraction of sp³-hybridized carbons (Fsp3) is 0.412. The summed E-state index contributed by atoms with van der Waals surface area (Å²) in [5.41, 5.74) is 0. The molecule has 0 aromatic carbocycles. The van der Waals surface area contributed by atoms with Gasteiger partial charge < -0.3 is 0 Å². The molecule has 0 aliphatic heterocycles. The van der Waals surface area contributed by atoms with E-state index in [1.165, 1.54) is 6.42 Å². The molecule has 0 amide bonds. The van der Waals surface area contributed by atoms with Crippen molar-refractivity contribution in [2.24, 2.45) is 0 Å². The largest absolute Gasteiger partial charge is 0.106 e. The summed E-state index contributed by atoms with van der Waals surface area (Å²) in [6.07, 6.45) is 7.30. The quantitative estimate of drug-likeness (QED) is 0.355. The Hall–Kier alpha value is -1.30. The summed E-state index contributed by atoms with van der Waals surface area (Å²) in [4.78, 5) is 0. The normalized spacial score (nSPS) is 4.00. The number of hydrogen-bond donors (Lipinski definition) is 0. The molecule has 0 rings (SSSR count). The lowest BCUT2D eigenvalue weighted by molar-refractivity contribution is 0.871. The van der Waals surface area contributed by atoms with Crippen LogP contribution in [0.4, 0.5) is 0 Å². The van der Waals surface area contributed by atoms with E-state index >= 15 is 0 Å². The van der Waals surface area contributed by atoms with Gasteiger partial charge in [0.15, 0.2) is 0 Å². The summed E-state index contributed by atoms with van der Waals surface area (Å²) < 4.78 is 0. The molecule has 0 unspecified atom stereocenters. The van der Waals surface area contributed by atoms with Crippen molar-refractivity contribution in [1.29, 1.82) is 0 Å². The molecule has 0 radical (unpaired) electrons. The van der Waals surface area contributed by atoms with Crippen LogP contribution in [-0.4, -0.2) is 0 Å². The monoisotopic (exact) mass is 244 g/mol. The Morgan fingerprint density at radius 1 is 0.529 bits per heavy atom. The van der Waals surface area contributed by atoms with Gasteiger partial charge in [-0.15, -0.1) is 52.6 Å². The average Bonchev–Trinajstić information content (AvgIpc) is 2.27. The molecule has 0 spiro atoms. The zero-order chi connectivity index (χ0) is 11.5. The zero-order valence-electron chi connectivity index (χ0n) is 8.93. The molecule has 0 bridgehead atoms. The molecule has 0 nitrogen and oxygen atoms in total. The van der Waals surface area contributed by atoms with Crippen LogP contribution < -0.4 is 0 Å². The maximum absolute atomic E-state index is 3.60. The van der Waals surface area contributed by atoms with Crippen molar-refractivity contribution in [3.05, 3.63) is 64.8 Å². The summed E-state index contributed by atoms with van der Waals surface area (Å²) in [6.45, 7) is 25.2. The molecule has 0 heteroatoms. The molecule has 0 saturated heterocycles. The molecule has 0 atom stereocenters. The first kappa shape index (κ1) is 57.2. The van der Waals surface area contributed by atoms with Crippen molar-refractivity contribution in [2.75, 3.05) is 0 Å². The van der Waals surface area contributed by atoms with Crippen LogP contribution in [0.2, 0.25) is 0 Å². The van der Waals surface area contributed by atoms with Gasteiger partial charge in [-0.25, -0.2) is 0 Å². The third-order valence-corrected chi connectivity index (χ3v) is 0.816. The lowest BCUT2D eigenvalue weighted by Crippen LogP contribution is -1.64. The van der Waals surface area contributed by atoms with Crippen molar-refractivity contribution >= 4 is 0 Å². The lowest BCUT2D eigenvalue weighted by Gasteiger charge is -1.84. The van der Waals surface area contributed by atoms with Gasteiger partial charge >= 0.3 is 0 Å². The van der Waals surface area contributed by atoms with Crippen LogP contribution in [0, 0.1) is 0 Å². The van der Waals surface area contributed by atoms with Gasteiger partial charge in [-0.2, -0.15) is 0 Å². The van der Waals surface area contributed by atoms with E-state index in [2.05, 4.69) is 52.6 Å². The number of rotatable bonds is 4. The van der Waals surface area contributed by atoms with Crippen molar-refractivity contribution in [3.63, 3.8) is 0 Å². The van der Waals surface area contributed by atoms with Gasteiger partial charge in [-0.05, 0) is 19.3 Å². The van der Waals surface area contributed by atoms with Crippen LogP contribution in [0.5, 0.6) is 0 Å². The molecule has 0 heterocycles. The van der Waals surface area contributed by atoms with Gasteiger partial charge in [0.25, 0.3) is 0 Å². The fourth-order valence-corrected chi connectivity index (χ4v) is 0.407. The Kier molecular flexibility index (Phi) is 678. The SMILES string of the molecule is C.C.C.C.C=C.C=C.C=C.C=CCCCC=C. The van der Waals surface area contributed by atoms with Crippen molar-refractivity contribution < 1.29 is 0 Å². The first-order valence-corrected chi connectivity index (χ1v) is 4.13. The topological polar surface area (TPSA) is 0 Å². The highest BCUT2D eigenvalue weighted by molar-refractivity contribution is 4.71. The van der Waals surface area contributed by atoms with E-state index in [1.54, 1.807) is 0 Å². The maximum Gasteiger partial charge on any atom is -0.0350 e. The number of allylic oxidation sites excluding steroid dienone is 2. The third-order valence-electron chi connectivity index (χ3n) is 0.816. The van der Waals surface area contributed by atoms with E-state index in [4.69, 9.17) is 0 Å². The summed E-state index contributed by atoms with van der Waals surface area (Å²) in [6, 6.07) is 0. The van der Waals surface area contributed by atoms with Crippen molar-refractivity contribution in [1.82, 2.24) is 0 Å². The Labute approximate surface area is 114 Å². The molecule has 0 N–H and O–H groups in total. The maximum atomic E-state index is 3.60. The van der Waals surface area contributed by atoms with Gasteiger partial charge in [0.05, 0.1) is 0 Å². The highest BCUT2D eigenvalue weighted by Crippen LogP contribution is 1.93. The van der Waals surface area contributed by atoms with Gasteiger partial charge in [0, 0.05) is 0 Å². The molecule has 0 fully saturated rings. The van der Waals surface area contributed by atoms with Crippen LogP contribution in [0.1, 0.15) is 49.0 Å². The molecule has 0 aliphatic carbocycles. The predicted octanol–water partition coefficient (Wildman–Crippen LogP) is 7.48. The van der Waals surface area contributed by atoms with E-state index in [0.29, 0.717) is 0 Å². The van der Waals surface area contributed by atoms with Gasteiger partial charge in [0.2, 0.25) is 0 Å². The predicted molar refractivity (Wildman–Crippen MR) is 94.9 cm³/mol. The Balaban J connectivity index is -0.0000000120. The van der Waals surface area contributed by atoms with Crippen LogP contribution in [0.3, 0.4) is 0 Å². The average molecular weight is 245 g/mol. The van der Waals surface area contributed by atoms with Crippen molar-refractivity contribution in [3.8, 4) is 0 Å². The third kappa shape index (κ3) is 325. The zero-order valence-corrected chi connectivity index (χ0v) is 8.93. The molecular weight excluding hydrogens is 204 g/mol. The molecule has 0 aromatic heterocycles. The Morgan fingerprint density at radius 2 is 0.706 bits per heavy atom. The summed E-state index contributed by atoms with van der Waals surface area (Å²) in [5.74, 6) is 0. The van der Waals surface area contributed by atoms with Crippen LogP contribution in [0.25, 0.3) is 0 Å².